The minimum atomic E-state index is 0.00491. The fourth-order valence-electron chi connectivity index (χ4n) is 2.15. The smallest absolute Gasteiger partial charge is 0.237 e. The van der Waals surface area contributed by atoms with E-state index in [4.69, 9.17) is 5.11 Å². The Balaban J connectivity index is 2.51. The Morgan fingerprint density at radius 2 is 2.27 bits per heavy atom. The average molecular weight is 214 g/mol. The fourth-order valence-corrected chi connectivity index (χ4v) is 2.15. The molecule has 4 heteroatoms. The largest absolute Gasteiger partial charge is 0.395 e. The van der Waals surface area contributed by atoms with Crippen LogP contribution in [0.25, 0.3) is 0 Å². The van der Waals surface area contributed by atoms with E-state index in [1.54, 1.807) is 0 Å². The number of hydrogen-bond donors (Lipinski definition) is 2. The third-order valence-corrected chi connectivity index (χ3v) is 2.92. The van der Waals surface area contributed by atoms with Gasteiger partial charge in [0.2, 0.25) is 5.91 Å². The predicted octanol–water partition coefficient (Wildman–Crippen LogP) is 0.358. The van der Waals surface area contributed by atoms with Crippen LogP contribution in [0.15, 0.2) is 0 Å². The highest BCUT2D eigenvalue weighted by Crippen LogP contribution is 2.19. The molecule has 1 amide bonds. The Bertz CT molecular complexity index is 207. The highest BCUT2D eigenvalue weighted by Gasteiger charge is 2.29. The van der Waals surface area contributed by atoms with E-state index in [9.17, 15) is 4.79 Å². The van der Waals surface area contributed by atoms with Crippen LogP contribution >= 0.6 is 0 Å². The number of aliphatic hydroxyl groups excluding tert-OH is 1. The van der Waals surface area contributed by atoms with E-state index < -0.39 is 0 Å². The van der Waals surface area contributed by atoms with E-state index >= 15 is 0 Å². The average Bonchev–Trinajstić information content (AvgIpc) is 2.25. The maximum atomic E-state index is 11.8. The lowest BCUT2D eigenvalue weighted by Crippen LogP contribution is -2.52. The Morgan fingerprint density at radius 1 is 1.53 bits per heavy atom. The van der Waals surface area contributed by atoms with Crippen molar-refractivity contribution in [3.8, 4) is 0 Å². The first-order valence-corrected chi connectivity index (χ1v) is 5.81. The van der Waals surface area contributed by atoms with Gasteiger partial charge in [0.15, 0.2) is 0 Å². The number of nitrogens with one attached hydrogen (secondary N) is 1. The van der Waals surface area contributed by atoms with Crippen molar-refractivity contribution in [2.75, 3.05) is 19.7 Å². The van der Waals surface area contributed by atoms with E-state index in [1.165, 1.54) is 6.42 Å². The first-order chi connectivity index (χ1) is 7.16. The molecule has 0 radical (unpaired) electrons. The van der Waals surface area contributed by atoms with Gasteiger partial charge in [0.05, 0.1) is 12.6 Å². The van der Waals surface area contributed by atoms with Crippen molar-refractivity contribution in [1.82, 2.24) is 10.2 Å². The summed E-state index contributed by atoms with van der Waals surface area (Å²) in [5.74, 6) is 0.0671. The van der Waals surface area contributed by atoms with Crippen LogP contribution in [0.5, 0.6) is 0 Å². The van der Waals surface area contributed by atoms with Crippen LogP contribution in [-0.4, -0.2) is 47.7 Å². The van der Waals surface area contributed by atoms with Crippen LogP contribution in [0.4, 0.5) is 0 Å². The molecule has 1 fully saturated rings. The minimum Gasteiger partial charge on any atom is -0.395 e. The summed E-state index contributed by atoms with van der Waals surface area (Å²) in [6.07, 6.45) is 3.25. The summed E-state index contributed by atoms with van der Waals surface area (Å²) in [5.41, 5.74) is 0. The summed E-state index contributed by atoms with van der Waals surface area (Å²) in [5, 5.41) is 11.4. The van der Waals surface area contributed by atoms with Gasteiger partial charge in [-0.3, -0.25) is 9.69 Å². The molecular formula is C11H22N2O2. The molecule has 1 saturated heterocycles. The lowest BCUT2D eigenvalue weighted by atomic mass is 10.00. The number of piperidine rings is 1. The molecular weight excluding hydrogens is 192 g/mol. The van der Waals surface area contributed by atoms with Gasteiger partial charge in [-0.15, -0.1) is 0 Å². The number of carbonyl (C=O) groups is 1. The molecule has 2 N–H and O–H groups in total. The van der Waals surface area contributed by atoms with Crippen molar-refractivity contribution in [2.45, 2.75) is 45.2 Å². The SMILES string of the molecule is CC(C)N1CCCCC1C(=O)NCCO. The van der Waals surface area contributed by atoms with Gasteiger partial charge in [-0.1, -0.05) is 6.42 Å². The van der Waals surface area contributed by atoms with Gasteiger partial charge in [-0.25, -0.2) is 0 Å². The zero-order valence-electron chi connectivity index (χ0n) is 9.70. The van der Waals surface area contributed by atoms with Gasteiger partial charge in [0.1, 0.15) is 0 Å². The van der Waals surface area contributed by atoms with Gasteiger partial charge in [-0.2, -0.15) is 0 Å². The third-order valence-electron chi connectivity index (χ3n) is 2.92. The lowest BCUT2D eigenvalue weighted by Gasteiger charge is -2.37. The van der Waals surface area contributed by atoms with Crippen LogP contribution in [-0.2, 0) is 4.79 Å². The molecule has 88 valence electrons. The standard InChI is InChI=1S/C11H22N2O2/c1-9(2)13-7-4-3-5-10(13)11(15)12-6-8-14/h9-10,14H,3-8H2,1-2H3,(H,12,15). The van der Waals surface area contributed by atoms with E-state index in [0.717, 1.165) is 19.4 Å². The van der Waals surface area contributed by atoms with Crippen LogP contribution in [0.3, 0.4) is 0 Å². The highest BCUT2D eigenvalue weighted by molar-refractivity contribution is 5.81. The van der Waals surface area contributed by atoms with Gasteiger partial charge in [0.25, 0.3) is 0 Å². The van der Waals surface area contributed by atoms with Crippen LogP contribution in [0.1, 0.15) is 33.1 Å². The maximum absolute atomic E-state index is 11.8. The number of nitrogens with zero attached hydrogens (tertiary/aromatic N) is 1. The van der Waals surface area contributed by atoms with E-state index in [0.29, 0.717) is 12.6 Å². The van der Waals surface area contributed by atoms with Gasteiger partial charge in [-0.05, 0) is 33.2 Å². The fraction of sp³-hybridized carbons (Fsp3) is 0.909. The van der Waals surface area contributed by atoms with Crippen LogP contribution in [0.2, 0.25) is 0 Å². The normalized spacial score (nSPS) is 23.1. The molecule has 0 aromatic rings. The molecule has 4 nitrogen and oxygen atoms in total. The monoisotopic (exact) mass is 214 g/mol. The minimum absolute atomic E-state index is 0.00491. The van der Waals surface area contributed by atoms with Gasteiger partial charge in [0, 0.05) is 12.6 Å². The number of likely N-dealkylation sites (tertiary alicyclic amines) is 1. The predicted molar refractivity (Wildman–Crippen MR) is 59.6 cm³/mol. The molecule has 15 heavy (non-hydrogen) atoms. The molecule has 0 spiro atoms. The number of carbonyl (C=O) groups excluding carboxylic acids is 1. The molecule has 1 heterocycles. The zero-order valence-corrected chi connectivity index (χ0v) is 9.70. The van der Waals surface area contributed by atoms with Gasteiger partial charge < -0.3 is 10.4 Å². The number of aliphatic hydroxyl groups is 1. The molecule has 1 aliphatic rings. The maximum Gasteiger partial charge on any atom is 0.237 e. The molecule has 1 unspecified atom stereocenters. The molecule has 1 aliphatic heterocycles. The highest BCUT2D eigenvalue weighted by atomic mass is 16.3. The molecule has 0 bridgehead atoms. The summed E-state index contributed by atoms with van der Waals surface area (Å²) in [6, 6.07) is 0.417. The van der Waals surface area contributed by atoms with E-state index in [2.05, 4.69) is 24.1 Å². The Morgan fingerprint density at radius 3 is 2.87 bits per heavy atom. The van der Waals surface area contributed by atoms with Crippen molar-refractivity contribution in [3.63, 3.8) is 0 Å². The topological polar surface area (TPSA) is 52.6 Å². The summed E-state index contributed by atoms with van der Waals surface area (Å²) in [7, 11) is 0. The number of rotatable bonds is 4. The molecule has 1 atom stereocenters. The Labute approximate surface area is 91.6 Å². The summed E-state index contributed by atoms with van der Waals surface area (Å²) in [4.78, 5) is 14.1. The molecule has 0 saturated carbocycles. The first kappa shape index (κ1) is 12.5. The summed E-state index contributed by atoms with van der Waals surface area (Å²) in [6.45, 7) is 5.63. The third kappa shape index (κ3) is 3.47. The summed E-state index contributed by atoms with van der Waals surface area (Å²) < 4.78 is 0. The van der Waals surface area contributed by atoms with E-state index in [1.807, 2.05) is 0 Å². The van der Waals surface area contributed by atoms with Crippen molar-refractivity contribution < 1.29 is 9.90 Å². The summed E-state index contributed by atoms with van der Waals surface area (Å²) >= 11 is 0. The second kappa shape index (κ2) is 6.08. The van der Waals surface area contributed by atoms with Gasteiger partial charge >= 0.3 is 0 Å². The zero-order chi connectivity index (χ0) is 11.3. The van der Waals surface area contributed by atoms with Crippen LogP contribution < -0.4 is 5.32 Å². The second-order valence-corrected chi connectivity index (χ2v) is 4.36. The molecule has 0 aliphatic carbocycles. The van der Waals surface area contributed by atoms with Crippen molar-refractivity contribution in [3.05, 3.63) is 0 Å². The Kier molecular flexibility index (Phi) is 5.05. The van der Waals surface area contributed by atoms with Crippen molar-refractivity contribution >= 4 is 5.91 Å². The quantitative estimate of drug-likeness (QED) is 0.710. The molecule has 1 rings (SSSR count). The first-order valence-electron chi connectivity index (χ1n) is 5.81. The van der Waals surface area contributed by atoms with Crippen molar-refractivity contribution in [1.29, 1.82) is 0 Å². The van der Waals surface area contributed by atoms with Crippen LogP contribution in [0, 0.1) is 0 Å². The van der Waals surface area contributed by atoms with E-state index in [-0.39, 0.29) is 18.6 Å². The number of hydrogen-bond acceptors (Lipinski definition) is 3. The van der Waals surface area contributed by atoms with Crippen molar-refractivity contribution in [2.24, 2.45) is 0 Å². The molecule has 0 aromatic heterocycles. The number of amides is 1. The second-order valence-electron chi connectivity index (χ2n) is 4.36. The molecule has 0 aromatic carbocycles. The Hall–Kier alpha value is -0.610. The lowest BCUT2D eigenvalue weighted by molar-refractivity contribution is -0.128.